The first kappa shape index (κ1) is 14.6. The van der Waals surface area contributed by atoms with E-state index in [0.717, 1.165) is 6.42 Å². The first-order valence-corrected chi connectivity index (χ1v) is 6.68. The number of esters is 2. The van der Waals surface area contributed by atoms with Gasteiger partial charge in [0.15, 0.2) is 0 Å². The Hall–Kier alpha value is -1.84. The van der Waals surface area contributed by atoms with Crippen molar-refractivity contribution < 1.29 is 19.1 Å². The Morgan fingerprint density at radius 1 is 1.05 bits per heavy atom. The van der Waals surface area contributed by atoms with E-state index in [0.29, 0.717) is 5.75 Å². The van der Waals surface area contributed by atoms with Gasteiger partial charge in [-0.3, -0.25) is 0 Å². The summed E-state index contributed by atoms with van der Waals surface area (Å²) in [5, 5.41) is 0. The molecule has 0 unspecified atom stereocenters. The van der Waals surface area contributed by atoms with Gasteiger partial charge in [-0.05, 0) is 37.8 Å². The highest BCUT2D eigenvalue weighted by molar-refractivity contribution is 6.16. The van der Waals surface area contributed by atoms with Gasteiger partial charge < -0.3 is 9.47 Å². The van der Waals surface area contributed by atoms with E-state index in [1.54, 1.807) is 18.2 Å². The third-order valence-electron chi connectivity index (χ3n) is 2.98. The van der Waals surface area contributed by atoms with Crippen LogP contribution in [0.1, 0.15) is 61.8 Å². The fourth-order valence-corrected chi connectivity index (χ4v) is 2.80. The minimum atomic E-state index is -0.632. The van der Waals surface area contributed by atoms with Crippen molar-refractivity contribution in [1.29, 1.82) is 0 Å². The lowest BCUT2D eigenvalue weighted by Crippen LogP contribution is -2.33. The molecule has 0 N–H and O–H groups in total. The monoisotopic (exact) mass is 276 g/mol. The maximum atomic E-state index is 11.7. The molecular formula is C16H20O4. The summed E-state index contributed by atoms with van der Waals surface area (Å²) < 4.78 is 10.6. The van der Waals surface area contributed by atoms with Crippen molar-refractivity contribution in [3.05, 3.63) is 29.3 Å². The summed E-state index contributed by atoms with van der Waals surface area (Å²) in [4.78, 5) is 23.3. The van der Waals surface area contributed by atoms with Crippen LogP contribution in [0.25, 0.3) is 0 Å². The SMILES string of the molecule is CC(C)(C)CC(C)(C)Oc1cccc2c1C(=O)OC2=O. The molecule has 4 nitrogen and oxygen atoms in total. The van der Waals surface area contributed by atoms with E-state index < -0.39 is 17.5 Å². The smallest absolute Gasteiger partial charge is 0.350 e. The second-order valence-electron chi connectivity index (χ2n) is 6.95. The quantitative estimate of drug-likeness (QED) is 0.625. The van der Waals surface area contributed by atoms with Crippen LogP contribution in [0.2, 0.25) is 0 Å². The number of ether oxygens (including phenoxy) is 2. The van der Waals surface area contributed by atoms with Gasteiger partial charge in [0.1, 0.15) is 16.9 Å². The van der Waals surface area contributed by atoms with Crippen molar-refractivity contribution in [3.63, 3.8) is 0 Å². The van der Waals surface area contributed by atoms with Gasteiger partial charge in [-0.1, -0.05) is 26.8 Å². The van der Waals surface area contributed by atoms with Gasteiger partial charge in [-0.25, -0.2) is 9.59 Å². The Labute approximate surface area is 119 Å². The van der Waals surface area contributed by atoms with Gasteiger partial charge in [0.05, 0.1) is 5.56 Å². The molecule has 1 aromatic carbocycles. The Bertz CT molecular complexity index is 564. The number of carbonyl (C=O) groups is 2. The van der Waals surface area contributed by atoms with E-state index in [2.05, 4.69) is 25.5 Å². The minimum absolute atomic E-state index is 0.0950. The van der Waals surface area contributed by atoms with Crippen molar-refractivity contribution in [2.75, 3.05) is 0 Å². The van der Waals surface area contributed by atoms with Crippen molar-refractivity contribution >= 4 is 11.9 Å². The summed E-state index contributed by atoms with van der Waals surface area (Å²) in [6.45, 7) is 10.3. The normalized spacial score (nSPS) is 15.1. The van der Waals surface area contributed by atoms with Crippen molar-refractivity contribution in [2.24, 2.45) is 5.41 Å². The molecule has 1 aromatic rings. The predicted octanol–water partition coefficient (Wildman–Crippen LogP) is 3.59. The number of benzene rings is 1. The molecule has 0 aliphatic carbocycles. The average Bonchev–Trinajstić information content (AvgIpc) is 2.51. The van der Waals surface area contributed by atoms with E-state index in [9.17, 15) is 9.59 Å². The van der Waals surface area contributed by atoms with Crippen LogP contribution in [0.3, 0.4) is 0 Å². The maximum Gasteiger partial charge on any atom is 0.350 e. The Morgan fingerprint density at radius 2 is 1.70 bits per heavy atom. The Kier molecular flexibility index (Phi) is 3.36. The number of cyclic esters (lactones) is 2. The van der Waals surface area contributed by atoms with Gasteiger partial charge in [0.2, 0.25) is 0 Å². The van der Waals surface area contributed by atoms with Gasteiger partial charge in [-0.15, -0.1) is 0 Å². The van der Waals surface area contributed by atoms with Crippen LogP contribution in [-0.4, -0.2) is 17.5 Å². The van der Waals surface area contributed by atoms with E-state index in [1.165, 1.54) is 0 Å². The van der Waals surface area contributed by atoms with Crippen molar-refractivity contribution in [2.45, 2.75) is 46.6 Å². The van der Waals surface area contributed by atoms with E-state index in [1.807, 2.05) is 13.8 Å². The van der Waals surface area contributed by atoms with Crippen LogP contribution < -0.4 is 4.74 Å². The summed E-state index contributed by atoms with van der Waals surface area (Å²) >= 11 is 0. The standard InChI is InChI=1S/C16H20O4/c1-15(2,3)9-16(4,5)20-11-8-6-7-10-12(11)14(18)19-13(10)17/h6-8H,9H2,1-5H3. The van der Waals surface area contributed by atoms with Crippen LogP contribution in [0, 0.1) is 5.41 Å². The molecule has 0 spiro atoms. The van der Waals surface area contributed by atoms with Crippen LogP contribution in [0.15, 0.2) is 18.2 Å². The van der Waals surface area contributed by atoms with Gasteiger partial charge in [0, 0.05) is 0 Å². The Balaban J connectivity index is 2.32. The lowest BCUT2D eigenvalue weighted by molar-refractivity contribution is 0.0433. The van der Waals surface area contributed by atoms with Crippen molar-refractivity contribution in [3.8, 4) is 5.75 Å². The van der Waals surface area contributed by atoms with Gasteiger partial charge in [0.25, 0.3) is 0 Å². The molecule has 4 heteroatoms. The fourth-order valence-electron chi connectivity index (χ4n) is 2.80. The molecule has 0 bridgehead atoms. The zero-order valence-electron chi connectivity index (χ0n) is 12.6. The molecule has 0 aromatic heterocycles. The van der Waals surface area contributed by atoms with E-state index in [-0.39, 0.29) is 16.5 Å². The minimum Gasteiger partial charge on any atom is -0.487 e. The number of rotatable bonds is 3. The van der Waals surface area contributed by atoms with E-state index >= 15 is 0 Å². The zero-order valence-corrected chi connectivity index (χ0v) is 12.6. The molecule has 20 heavy (non-hydrogen) atoms. The largest absolute Gasteiger partial charge is 0.487 e. The lowest BCUT2D eigenvalue weighted by atomic mass is 9.83. The van der Waals surface area contributed by atoms with Gasteiger partial charge in [-0.2, -0.15) is 0 Å². The number of hydrogen-bond acceptors (Lipinski definition) is 4. The third kappa shape index (κ3) is 3.00. The predicted molar refractivity (Wildman–Crippen MR) is 75.0 cm³/mol. The summed E-state index contributed by atoms with van der Waals surface area (Å²) in [7, 11) is 0. The Morgan fingerprint density at radius 3 is 2.30 bits per heavy atom. The first-order valence-electron chi connectivity index (χ1n) is 6.68. The lowest BCUT2D eigenvalue weighted by Gasteiger charge is -2.33. The number of carbonyl (C=O) groups excluding carboxylic acids is 2. The molecule has 0 atom stereocenters. The van der Waals surface area contributed by atoms with Gasteiger partial charge >= 0.3 is 11.9 Å². The number of hydrogen-bond donors (Lipinski definition) is 0. The van der Waals surface area contributed by atoms with Crippen LogP contribution in [-0.2, 0) is 4.74 Å². The molecule has 0 radical (unpaired) electrons. The summed E-state index contributed by atoms with van der Waals surface area (Å²) in [5.41, 5.74) is 0.162. The highest BCUT2D eigenvalue weighted by atomic mass is 16.6. The molecule has 0 saturated carbocycles. The molecular weight excluding hydrogens is 256 g/mol. The second kappa shape index (κ2) is 4.62. The fraction of sp³-hybridized carbons (Fsp3) is 0.500. The van der Waals surface area contributed by atoms with Crippen molar-refractivity contribution in [1.82, 2.24) is 0 Å². The second-order valence-corrected chi connectivity index (χ2v) is 6.95. The van der Waals surface area contributed by atoms with E-state index in [4.69, 9.17) is 4.74 Å². The topological polar surface area (TPSA) is 52.6 Å². The first-order chi connectivity index (χ1) is 9.09. The molecule has 2 rings (SSSR count). The molecule has 0 saturated heterocycles. The van der Waals surface area contributed by atoms with Crippen LogP contribution in [0.4, 0.5) is 0 Å². The number of fused-ring (bicyclic) bond motifs is 1. The summed E-state index contributed by atoms with van der Waals surface area (Å²) in [6, 6.07) is 4.97. The van der Waals surface area contributed by atoms with Crippen LogP contribution in [0.5, 0.6) is 5.75 Å². The van der Waals surface area contributed by atoms with Crippen LogP contribution >= 0.6 is 0 Å². The molecule has 1 aliphatic heterocycles. The third-order valence-corrected chi connectivity index (χ3v) is 2.98. The highest BCUT2D eigenvalue weighted by Crippen LogP contribution is 2.35. The molecule has 0 fully saturated rings. The molecule has 1 heterocycles. The molecule has 1 aliphatic rings. The molecule has 108 valence electrons. The average molecular weight is 276 g/mol. The summed E-state index contributed by atoms with van der Waals surface area (Å²) in [5.74, 6) is -0.830. The highest BCUT2D eigenvalue weighted by Gasteiger charge is 2.35. The maximum absolute atomic E-state index is 11.7. The summed E-state index contributed by atoms with van der Waals surface area (Å²) in [6.07, 6.45) is 0.812. The molecule has 0 amide bonds. The zero-order chi connectivity index (χ0) is 15.1.